The van der Waals surface area contributed by atoms with E-state index in [-0.39, 0.29) is 0 Å². The summed E-state index contributed by atoms with van der Waals surface area (Å²) in [5.74, 6) is 0.805. The van der Waals surface area contributed by atoms with Gasteiger partial charge in [-0.25, -0.2) is 0 Å². The summed E-state index contributed by atoms with van der Waals surface area (Å²) in [7, 11) is 1.63. The second-order valence-corrected chi connectivity index (χ2v) is 3.33. The third-order valence-corrected chi connectivity index (χ3v) is 2.37. The lowest BCUT2D eigenvalue weighted by molar-refractivity contribution is 0.201. The summed E-state index contributed by atoms with van der Waals surface area (Å²) in [4.78, 5) is 3.11. The first-order chi connectivity index (χ1) is 6.72. The Bertz CT molecular complexity index is 445. The van der Waals surface area contributed by atoms with Crippen molar-refractivity contribution in [1.82, 2.24) is 4.98 Å². The Balaban J connectivity index is 2.63. The van der Waals surface area contributed by atoms with E-state index in [0.29, 0.717) is 0 Å². The quantitative estimate of drug-likeness (QED) is 0.764. The van der Waals surface area contributed by atoms with E-state index in [9.17, 15) is 5.11 Å². The van der Waals surface area contributed by atoms with E-state index in [0.717, 1.165) is 22.2 Å². The van der Waals surface area contributed by atoms with Gasteiger partial charge in [-0.15, -0.1) is 0 Å². The SMILES string of the molecule is COc1ccc2[nH]cc(C(C)O)c2c1. The summed E-state index contributed by atoms with van der Waals surface area (Å²) in [5, 5.41) is 10.5. The van der Waals surface area contributed by atoms with Crippen molar-refractivity contribution in [3.63, 3.8) is 0 Å². The number of methoxy groups -OCH3 is 1. The van der Waals surface area contributed by atoms with Gasteiger partial charge in [-0.1, -0.05) is 0 Å². The van der Waals surface area contributed by atoms with Crippen molar-refractivity contribution in [3.05, 3.63) is 30.0 Å². The number of rotatable bonds is 2. The molecule has 0 saturated heterocycles. The lowest BCUT2D eigenvalue weighted by Crippen LogP contribution is -1.88. The van der Waals surface area contributed by atoms with E-state index in [1.807, 2.05) is 24.4 Å². The van der Waals surface area contributed by atoms with Crippen LogP contribution in [0.5, 0.6) is 5.75 Å². The molecule has 0 radical (unpaired) electrons. The number of benzene rings is 1. The number of H-pyrrole nitrogens is 1. The van der Waals surface area contributed by atoms with Crippen molar-refractivity contribution in [1.29, 1.82) is 0 Å². The highest BCUT2D eigenvalue weighted by atomic mass is 16.5. The Hall–Kier alpha value is -1.48. The van der Waals surface area contributed by atoms with Crippen LogP contribution in [0.3, 0.4) is 0 Å². The topological polar surface area (TPSA) is 45.2 Å². The van der Waals surface area contributed by atoms with Crippen LogP contribution in [0.25, 0.3) is 10.9 Å². The molecular formula is C11H13NO2. The fourth-order valence-corrected chi connectivity index (χ4v) is 1.59. The molecule has 74 valence electrons. The number of nitrogens with one attached hydrogen (secondary N) is 1. The minimum Gasteiger partial charge on any atom is -0.497 e. The molecule has 2 rings (SSSR count). The lowest BCUT2D eigenvalue weighted by Gasteiger charge is -2.03. The van der Waals surface area contributed by atoms with Gasteiger partial charge in [0.25, 0.3) is 0 Å². The molecule has 14 heavy (non-hydrogen) atoms. The summed E-state index contributed by atoms with van der Waals surface area (Å²) < 4.78 is 5.13. The zero-order chi connectivity index (χ0) is 10.1. The van der Waals surface area contributed by atoms with Crippen molar-refractivity contribution in [2.45, 2.75) is 13.0 Å². The van der Waals surface area contributed by atoms with E-state index in [2.05, 4.69) is 4.98 Å². The second-order valence-electron chi connectivity index (χ2n) is 3.33. The minimum absolute atomic E-state index is 0.462. The van der Waals surface area contributed by atoms with E-state index >= 15 is 0 Å². The van der Waals surface area contributed by atoms with Crippen LogP contribution in [0.15, 0.2) is 24.4 Å². The van der Waals surface area contributed by atoms with Crippen LogP contribution in [0.1, 0.15) is 18.6 Å². The molecule has 1 atom stereocenters. The molecule has 1 aromatic carbocycles. The molecule has 1 unspecified atom stereocenters. The Morgan fingerprint density at radius 1 is 1.43 bits per heavy atom. The van der Waals surface area contributed by atoms with Crippen molar-refractivity contribution in [3.8, 4) is 5.75 Å². The predicted octanol–water partition coefficient (Wildman–Crippen LogP) is 2.23. The lowest BCUT2D eigenvalue weighted by atomic mass is 10.1. The van der Waals surface area contributed by atoms with Crippen LogP contribution >= 0.6 is 0 Å². The van der Waals surface area contributed by atoms with Crippen LogP contribution in [0.4, 0.5) is 0 Å². The third kappa shape index (κ3) is 1.36. The average Bonchev–Trinajstić information content (AvgIpc) is 2.59. The summed E-state index contributed by atoms with van der Waals surface area (Å²) >= 11 is 0. The normalized spacial score (nSPS) is 13.1. The van der Waals surface area contributed by atoms with E-state index < -0.39 is 6.10 Å². The Morgan fingerprint density at radius 2 is 2.21 bits per heavy atom. The third-order valence-electron chi connectivity index (χ3n) is 2.37. The van der Waals surface area contributed by atoms with Gasteiger partial charge in [0.2, 0.25) is 0 Å². The van der Waals surface area contributed by atoms with Gasteiger partial charge >= 0.3 is 0 Å². The highest BCUT2D eigenvalue weighted by molar-refractivity contribution is 5.84. The zero-order valence-electron chi connectivity index (χ0n) is 8.24. The maximum Gasteiger partial charge on any atom is 0.119 e. The molecule has 0 aliphatic carbocycles. The summed E-state index contributed by atoms with van der Waals surface area (Å²) in [6.45, 7) is 1.75. The number of ether oxygens (including phenoxy) is 1. The van der Waals surface area contributed by atoms with Crippen LogP contribution in [0, 0.1) is 0 Å². The highest BCUT2D eigenvalue weighted by Crippen LogP contribution is 2.27. The predicted molar refractivity (Wildman–Crippen MR) is 55.5 cm³/mol. The zero-order valence-corrected chi connectivity index (χ0v) is 8.24. The monoisotopic (exact) mass is 191 g/mol. The molecule has 0 aliphatic rings. The average molecular weight is 191 g/mol. The van der Waals surface area contributed by atoms with Gasteiger partial charge in [-0.05, 0) is 25.1 Å². The number of aliphatic hydroxyl groups excluding tert-OH is 1. The fourth-order valence-electron chi connectivity index (χ4n) is 1.59. The number of hydrogen-bond donors (Lipinski definition) is 2. The van der Waals surface area contributed by atoms with Crippen molar-refractivity contribution in [2.24, 2.45) is 0 Å². The van der Waals surface area contributed by atoms with Gasteiger partial charge in [0.05, 0.1) is 13.2 Å². The Labute approximate surface area is 82.3 Å². The smallest absolute Gasteiger partial charge is 0.119 e. The molecule has 0 aliphatic heterocycles. The molecular weight excluding hydrogens is 178 g/mol. The van der Waals surface area contributed by atoms with Gasteiger partial charge in [0.1, 0.15) is 5.75 Å². The number of hydrogen-bond acceptors (Lipinski definition) is 2. The van der Waals surface area contributed by atoms with E-state index in [4.69, 9.17) is 4.74 Å². The number of aromatic amines is 1. The van der Waals surface area contributed by atoms with Gasteiger partial charge in [0.15, 0.2) is 0 Å². The van der Waals surface area contributed by atoms with E-state index in [1.165, 1.54) is 0 Å². The van der Waals surface area contributed by atoms with Crippen molar-refractivity contribution >= 4 is 10.9 Å². The number of fused-ring (bicyclic) bond motifs is 1. The second kappa shape index (κ2) is 3.35. The minimum atomic E-state index is -0.462. The fraction of sp³-hybridized carbons (Fsp3) is 0.273. The maximum absolute atomic E-state index is 9.51. The summed E-state index contributed by atoms with van der Waals surface area (Å²) in [6.07, 6.45) is 1.37. The molecule has 3 heteroatoms. The first-order valence-electron chi connectivity index (χ1n) is 4.55. The molecule has 0 fully saturated rings. The Morgan fingerprint density at radius 3 is 2.86 bits per heavy atom. The molecule has 1 heterocycles. The molecule has 0 amide bonds. The number of aliphatic hydroxyl groups is 1. The van der Waals surface area contributed by atoms with Crippen LogP contribution in [-0.4, -0.2) is 17.2 Å². The molecule has 0 spiro atoms. The van der Waals surface area contributed by atoms with Gasteiger partial charge < -0.3 is 14.8 Å². The first-order valence-corrected chi connectivity index (χ1v) is 4.55. The largest absolute Gasteiger partial charge is 0.497 e. The summed E-state index contributed by atoms with van der Waals surface area (Å²) in [6, 6.07) is 5.76. The van der Waals surface area contributed by atoms with Crippen molar-refractivity contribution in [2.75, 3.05) is 7.11 Å². The Kier molecular flexibility index (Phi) is 2.17. The van der Waals surface area contributed by atoms with Crippen LogP contribution < -0.4 is 4.74 Å². The molecule has 1 aromatic heterocycles. The molecule has 0 bridgehead atoms. The molecule has 3 nitrogen and oxygen atoms in total. The molecule has 2 aromatic rings. The number of aromatic nitrogens is 1. The maximum atomic E-state index is 9.51. The summed E-state index contributed by atoms with van der Waals surface area (Å²) in [5.41, 5.74) is 1.92. The standard InChI is InChI=1S/C11H13NO2/c1-7(13)10-6-12-11-4-3-8(14-2)5-9(10)11/h3-7,12-13H,1-2H3. The van der Waals surface area contributed by atoms with Crippen LogP contribution in [0.2, 0.25) is 0 Å². The van der Waals surface area contributed by atoms with Crippen LogP contribution in [-0.2, 0) is 0 Å². The van der Waals surface area contributed by atoms with E-state index in [1.54, 1.807) is 14.0 Å². The molecule has 2 N–H and O–H groups in total. The first kappa shape index (κ1) is 9.09. The highest BCUT2D eigenvalue weighted by Gasteiger charge is 2.08. The van der Waals surface area contributed by atoms with Gasteiger partial charge in [-0.3, -0.25) is 0 Å². The van der Waals surface area contributed by atoms with Gasteiger partial charge in [0, 0.05) is 22.7 Å². The van der Waals surface area contributed by atoms with Crippen molar-refractivity contribution < 1.29 is 9.84 Å². The molecule has 0 saturated carbocycles. The van der Waals surface area contributed by atoms with Gasteiger partial charge in [-0.2, -0.15) is 0 Å².